The fourth-order valence-electron chi connectivity index (χ4n) is 2.95. The Bertz CT molecular complexity index is 900. The van der Waals surface area contributed by atoms with E-state index in [4.69, 9.17) is 9.15 Å². The number of methoxy groups -OCH3 is 1. The Morgan fingerprint density at radius 3 is 2.59 bits per heavy atom. The third-order valence-corrected chi connectivity index (χ3v) is 4.21. The number of nitrogens with one attached hydrogen (secondary N) is 1. The number of anilines is 1. The Morgan fingerprint density at radius 1 is 1.26 bits per heavy atom. The van der Waals surface area contributed by atoms with E-state index in [1.165, 1.54) is 0 Å². The van der Waals surface area contributed by atoms with Crippen molar-refractivity contribution in [1.82, 2.24) is 14.8 Å². The molecular weight excluding hydrogens is 344 g/mol. The zero-order valence-corrected chi connectivity index (χ0v) is 16.0. The highest BCUT2D eigenvalue weighted by Crippen LogP contribution is 2.32. The lowest BCUT2D eigenvalue weighted by atomic mass is 10.0. The topological polar surface area (TPSA) is 82.2 Å². The second-order valence-electron chi connectivity index (χ2n) is 6.81. The Labute approximate surface area is 158 Å². The van der Waals surface area contributed by atoms with Crippen LogP contribution in [0, 0.1) is 12.8 Å². The molecule has 3 rings (SSSR count). The molecule has 142 valence electrons. The molecule has 1 N–H and O–H groups in total. The minimum atomic E-state index is -0.281. The van der Waals surface area contributed by atoms with Gasteiger partial charge in [0.1, 0.15) is 11.8 Å². The third-order valence-electron chi connectivity index (χ3n) is 4.21. The molecule has 1 atom stereocenters. The normalized spacial score (nSPS) is 12.2. The van der Waals surface area contributed by atoms with Crippen molar-refractivity contribution in [2.24, 2.45) is 5.92 Å². The molecule has 0 aliphatic carbocycles. The standard InChI is InChI=1S/C20H24N4O3/c1-13(2)11-17(24-9-5-6-10-24)19(25)21-15-7-8-18(26-4)16(12-15)20-23-22-14(3)27-20/h5-10,12-13,17H,11H2,1-4H3,(H,21,25). The van der Waals surface area contributed by atoms with Crippen LogP contribution in [0.25, 0.3) is 11.5 Å². The van der Waals surface area contributed by atoms with E-state index in [1.807, 2.05) is 29.1 Å². The summed E-state index contributed by atoms with van der Waals surface area (Å²) >= 11 is 0. The largest absolute Gasteiger partial charge is 0.496 e. The Balaban J connectivity index is 1.86. The number of aryl methyl sites for hydroxylation is 1. The third kappa shape index (κ3) is 4.36. The fourth-order valence-corrected chi connectivity index (χ4v) is 2.95. The second kappa shape index (κ2) is 8.07. The van der Waals surface area contributed by atoms with Gasteiger partial charge < -0.3 is 19.0 Å². The number of hydrogen-bond acceptors (Lipinski definition) is 5. The highest BCUT2D eigenvalue weighted by Gasteiger charge is 2.22. The summed E-state index contributed by atoms with van der Waals surface area (Å²) in [7, 11) is 1.57. The predicted molar refractivity (Wildman–Crippen MR) is 103 cm³/mol. The average Bonchev–Trinajstić information content (AvgIpc) is 3.31. The Kier molecular flexibility index (Phi) is 5.59. The fraction of sp³-hybridized carbons (Fsp3) is 0.350. The first-order valence-electron chi connectivity index (χ1n) is 8.89. The van der Waals surface area contributed by atoms with E-state index in [-0.39, 0.29) is 11.9 Å². The molecule has 1 unspecified atom stereocenters. The second-order valence-corrected chi connectivity index (χ2v) is 6.81. The summed E-state index contributed by atoms with van der Waals surface area (Å²) in [5.41, 5.74) is 1.28. The van der Waals surface area contributed by atoms with Crippen LogP contribution in [0.15, 0.2) is 47.1 Å². The minimum Gasteiger partial charge on any atom is -0.496 e. The number of benzene rings is 1. The first-order chi connectivity index (χ1) is 13.0. The van der Waals surface area contributed by atoms with Crippen LogP contribution < -0.4 is 10.1 Å². The van der Waals surface area contributed by atoms with Crippen LogP contribution in [0.3, 0.4) is 0 Å². The van der Waals surface area contributed by atoms with E-state index in [0.717, 1.165) is 6.42 Å². The van der Waals surface area contributed by atoms with Crippen molar-refractivity contribution in [3.8, 4) is 17.2 Å². The van der Waals surface area contributed by atoms with Gasteiger partial charge in [0.25, 0.3) is 5.89 Å². The summed E-state index contributed by atoms with van der Waals surface area (Å²) in [6, 6.07) is 8.92. The quantitative estimate of drug-likeness (QED) is 0.679. The maximum Gasteiger partial charge on any atom is 0.251 e. The number of nitrogens with zero attached hydrogens (tertiary/aromatic N) is 3. The highest BCUT2D eigenvalue weighted by atomic mass is 16.5. The van der Waals surface area contributed by atoms with Gasteiger partial charge >= 0.3 is 0 Å². The van der Waals surface area contributed by atoms with Crippen LogP contribution in [-0.2, 0) is 4.79 Å². The molecule has 1 amide bonds. The SMILES string of the molecule is COc1ccc(NC(=O)C(CC(C)C)n2cccc2)cc1-c1nnc(C)o1. The lowest BCUT2D eigenvalue weighted by Gasteiger charge is -2.20. The minimum absolute atomic E-state index is 0.0715. The van der Waals surface area contributed by atoms with Crippen molar-refractivity contribution in [3.63, 3.8) is 0 Å². The Morgan fingerprint density at radius 2 is 2.00 bits per heavy atom. The van der Waals surface area contributed by atoms with Crippen LogP contribution in [-0.4, -0.2) is 27.8 Å². The van der Waals surface area contributed by atoms with Crippen molar-refractivity contribution in [3.05, 3.63) is 48.6 Å². The maximum absolute atomic E-state index is 12.9. The summed E-state index contributed by atoms with van der Waals surface area (Å²) in [5.74, 6) is 1.73. The maximum atomic E-state index is 12.9. The molecule has 3 aromatic rings. The molecule has 0 radical (unpaired) electrons. The van der Waals surface area contributed by atoms with E-state index < -0.39 is 0 Å². The van der Waals surface area contributed by atoms with Gasteiger partial charge in [0.2, 0.25) is 11.8 Å². The summed E-state index contributed by atoms with van der Waals surface area (Å²) < 4.78 is 12.8. The average molecular weight is 368 g/mol. The van der Waals surface area contributed by atoms with Crippen molar-refractivity contribution in [2.45, 2.75) is 33.2 Å². The van der Waals surface area contributed by atoms with E-state index in [1.54, 1.807) is 32.2 Å². The molecule has 27 heavy (non-hydrogen) atoms. The van der Waals surface area contributed by atoms with E-state index >= 15 is 0 Å². The van der Waals surface area contributed by atoms with Gasteiger partial charge in [0.05, 0.1) is 12.7 Å². The molecule has 0 saturated carbocycles. The molecule has 0 aliphatic heterocycles. The molecule has 7 nitrogen and oxygen atoms in total. The van der Waals surface area contributed by atoms with Gasteiger partial charge in [-0.2, -0.15) is 0 Å². The zero-order chi connectivity index (χ0) is 19.4. The van der Waals surface area contributed by atoms with Crippen LogP contribution in [0.1, 0.15) is 32.2 Å². The van der Waals surface area contributed by atoms with Gasteiger partial charge in [-0.15, -0.1) is 10.2 Å². The van der Waals surface area contributed by atoms with Crippen LogP contribution in [0.2, 0.25) is 0 Å². The lowest BCUT2D eigenvalue weighted by Crippen LogP contribution is -2.26. The summed E-state index contributed by atoms with van der Waals surface area (Å²) in [6.45, 7) is 5.93. The zero-order valence-electron chi connectivity index (χ0n) is 16.0. The van der Waals surface area contributed by atoms with E-state index in [2.05, 4.69) is 29.4 Å². The van der Waals surface area contributed by atoms with Gasteiger partial charge in [0.15, 0.2) is 0 Å². The smallest absolute Gasteiger partial charge is 0.251 e. The first-order valence-corrected chi connectivity index (χ1v) is 8.89. The molecule has 0 saturated heterocycles. The number of hydrogen-bond donors (Lipinski definition) is 1. The molecule has 2 aromatic heterocycles. The molecule has 7 heteroatoms. The molecule has 0 fully saturated rings. The predicted octanol–water partition coefficient (Wildman–Crippen LogP) is 4.08. The van der Waals surface area contributed by atoms with Gasteiger partial charge in [0, 0.05) is 25.0 Å². The summed E-state index contributed by atoms with van der Waals surface area (Å²) in [6.07, 6.45) is 4.56. The number of ether oxygens (including phenoxy) is 1. The molecule has 1 aromatic carbocycles. The number of aromatic nitrogens is 3. The Hall–Kier alpha value is -3.09. The van der Waals surface area contributed by atoms with E-state index in [0.29, 0.717) is 34.7 Å². The van der Waals surface area contributed by atoms with Gasteiger partial charge in [-0.25, -0.2) is 0 Å². The molecule has 0 aliphatic rings. The van der Waals surface area contributed by atoms with Crippen LogP contribution in [0.5, 0.6) is 5.75 Å². The van der Waals surface area contributed by atoms with Crippen molar-refractivity contribution >= 4 is 11.6 Å². The van der Waals surface area contributed by atoms with Crippen LogP contribution in [0.4, 0.5) is 5.69 Å². The van der Waals surface area contributed by atoms with Crippen molar-refractivity contribution < 1.29 is 13.9 Å². The first kappa shape index (κ1) is 18.7. The number of rotatable bonds is 7. The lowest BCUT2D eigenvalue weighted by molar-refractivity contribution is -0.119. The molecular formula is C20H24N4O3. The summed E-state index contributed by atoms with van der Waals surface area (Å²) in [4.78, 5) is 12.9. The monoisotopic (exact) mass is 368 g/mol. The van der Waals surface area contributed by atoms with Crippen molar-refractivity contribution in [2.75, 3.05) is 12.4 Å². The van der Waals surface area contributed by atoms with Gasteiger partial charge in [-0.05, 0) is 42.7 Å². The molecule has 0 bridgehead atoms. The number of amides is 1. The van der Waals surface area contributed by atoms with E-state index in [9.17, 15) is 4.79 Å². The summed E-state index contributed by atoms with van der Waals surface area (Å²) in [5, 5.41) is 10.9. The van der Waals surface area contributed by atoms with Gasteiger partial charge in [-0.3, -0.25) is 4.79 Å². The van der Waals surface area contributed by atoms with Gasteiger partial charge in [-0.1, -0.05) is 13.8 Å². The molecule has 2 heterocycles. The highest BCUT2D eigenvalue weighted by molar-refractivity contribution is 5.94. The van der Waals surface area contributed by atoms with Crippen molar-refractivity contribution in [1.29, 1.82) is 0 Å². The number of carbonyl (C=O) groups excluding carboxylic acids is 1. The van der Waals surface area contributed by atoms with Crippen LogP contribution >= 0.6 is 0 Å². The molecule has 0 spiro atoms. The number of carbonyl (C=O) groups is 1.